The molecular formula is C16H24ClN3O. The molecule has 1 aromatic carbocycles. The van der Waals surface area contributed by atoms with Gasteiger partial charge in [-0.15, -0.1) is 0 Å². The van der Waals surface area contributed by atoms with Gasteiger partial charge in [0.2, 0.25) is 5.91 Å². The molecule has 0 fully saturated rings. The lowest BCUT2D eigenvalue weighted by molar-refractivity contribution is -0.117. The van der Waals surface area contributed by atoms with Crippen molar-refractivity contribution in [1.82, 2.24) is 5.32 Å². The van der Waals surface area contributed by atoms with Crippen molar-refractivity contribution in [3.8, 4) is 0 Å². The fourth-order valence-corrected chi connectivity index (χ4v) is 3.12. The van der Waals surface area contributed by atoms with E-state index < -0.39 is 0 Å². The number of carbonyl (C=O) groups excluding carboxylic acids is 1. The fourth-order valence-electron chi connectivity index (χ4n) is 2.84. The minimum atomic E-state index is -0.296. The third kappa shape index (κ3) is 3.01. The van der Waals surface area contributed by atoms with Gasteiger partial charge in [-0.3, -0.25) is 4.79 Å². The maximum Gasteiger partial charge on any atom is 0.246 e. The van der Waals surface area contributed by atoms with E-state index in [2.05, 4.69) is 36.3 Å². The largest absolute Gasteiger partial charge is 0.368 e. The summed E-state index contributed by atoms with van der Waals surface area (Å²) in [5, 5.41) is 6.84. The maximum atomic E-state index is 12.0. The molecule has 2 unspecified atom stereocenters. The molecule has 1 aliphatic heterocycles. The van der Waals surface area contributed by atoms with E-state index in [1.165, 1.54) is 0 Å². The molecule has 0 radical (unpaired) electrons. The van der Waals surface area contributed by atoms with E-state index in [9.17, 15) is 4.79 Å². The smallest absolute Gasteiger partial charge is 0.246 e. The highest BCUT2D eigenvalue weighted by Crippen LogP contribution is 2.39. The SMILES string of the molecule is CCNC1C(=O)Nc2cc(N(CC)C(C)CC)c(Cl)cc21. The van der Waals surface area contributed by atoms with Crippen LogP contribution in [0.25, 0.3) is 0 Å². The van der Waals surface area contributed by atoms with E-state index >= 15 is 0 Å². The Labute approximate surface area is 131 Å². The number of rotatable bonds is 6. The van der Waals surface area contributed by atoms with Crippen LogP contribution in [-0.2, 0) is 4.79 Å². The molecule has 21 heavy (non-hydrogen) atoms. The van der Waals surface area contributed by atoms with Crippen molar-refractivity contribution >= 4 is 28.9 Å². The van der Waals surface area contributed by atoms with Crippen molar-refractivity contribution in [3.63, 3.8) is 0 Å². The number of nitrogens with one attached hydrogen (secondary N) is 2. The van der Waals surface area contributed by atoms with Crippen LogP contribution in [0.15, 0.2) is 12.1 Å². The van der Waals surface area contributed by atoms with Gasteiger partial charge in [0.15, 0.2) is 0 Å². The van der Waals surface area contributed by atoms with Crippen LogP contribution in [-0.4, -0.2) is 25.0 Å². The van der Waals surface area contributed by atoms with Crippen molar-refractivity contribution in [1.29, 1.82) is 0 Å². The van der Waals surface area contributed by atoms with Crippen LogP contribution in [0.5, 0.6) is 0 Å². The van der Waals surface area contributed by atoms with E-state index in [0.29, 0.717) is 11.1 Å². The highest BCUT2D eigenvalue weighted by atomic mass is 35.5. The first-order valence-corrected chi connectivity index (χ1v) is 8.05. The molecule has 0 spiro atoms. The van der Waals surface area contributed by atoms with E-state index in [1.807, 2.05) is 19.1 Å². The van der Waals surface area contributed by atoms with Gasteiger partial charge >= 0.3 is 0 Å². The molecular weight excluding hydrogens is 286 g/mol. The number of fused-ring (bicyclic) bond motifs is 1. The predicted molar refractivity (Wildman–Crippen MR) is 89.3 cm³/mol. The topological polar surface area (TPSA) is 44.4 Å². The minimum absolute atomic E-state index is 0.00773. The Bertz CT molecular complexity index is 532. The Morgan fingerprint density at radius 3 is 2.67 bits per heavy atom. The summed E-state index contributed by atoms with van der Waals surface area (Å²) in [7, 11) is 0. The molecule has 0 aliphatic carbocycles. The zero-order chi connectivity index (χ0) is 15.6. The molecule has 0 aromatic heterocycles. The van der Waals surface area contributed by atoms with Crippen LogP contribution in [0.1, 0.15) is 45.7 Å². The van der Waals surface area contributed by atoms with Gasteiger partial charge in [0.25, 0.3) is 0 Å². The van der Waals surface area contributed by atoms with Gasteiger partial charge < -0.3 is 15.5 Å². The van der Waals surface area contributed by atoms with Crippen LogP contribution in [0.2, 0.25) is 5.02 Å². The number of halogens is 1. The van der Waals surface area contributed by atoms with Crippen molar-refractivity contribution in [2.75, 3.05) is 23.3 Å². The summed E-state index contributed by atoms with van der Waals surface area (Å²) in [5.41, 5.74) is 2.80. The molecule has 4 nitrogen and oxygen atoms in total. The normalized spacial score (nSPS) is 18.3. The lowest BCUT2D eigenvalue weighted by atomic mass is 10.1. The first kappa shape index (κ1) is 16.1. The zero-order valence-corrected chi connectivity index (χ0v) is 13.9. The van der Waals surface area contributed by atoms with E-state index in [4.69, 9.17) is 11.6 Å². The lowest BCUT2D eigenvalue weighted by Gasteiger charge is -2.30. The number of hydrogen-bond acceptors (Lipinski definition) is 3. The monoisotopic (exact) mass is 309 g/mol. The van der Waals surface area contributed by atoms with Gasteiger partial charge in [0.1, 0.15) is 6.04 Å². The number of anilines is 2. The molecule has 1 heterocycles. The summed E-state index contributed by atoms with van der Waals surface area (Å²) < 4.78 is 0. The highest BCUT2D eigenvalue weighted by molar-refractivity contribution is 6.33. The average Bonchev–Trinajstić information content (AvgIpc) is 2.76. The maximum absolute atomic E-state index is 12.0. The summed E-state index contributed by atoms with van der Waals surface area (Å²) in [6.45, 7) is 10.1. The Morgan fingerprint density at radius 2 is 2.10 bits per heavy atom. The van der Waals surface area contributed by atoms with Crippen molar-refractivity contribution in [2.24, 2.45) is 0 Å². The second-order valence-electron chi connectivity index (χ2n) is 5.41. The molecule has 5 heteroatoms. The van der Waals surface area contributed by atoms with Crippen LogP contribution in [0.3, 0.4) is 0 Å². The fraction of sp³-hybridized carbons (Fsp3) is 0.562. The molecule has 1 aromatic rings. The van der Waals surface area contributed by atoms with Crippen LogP contribution >= 0.6 is 11.6 Å². The van der Waals surface area contributed by atoms with Gasteiger partial charge in [-0.05, 0) is 38.9 Å². The lowest BCUT2D eigenvalue weighted by Crippen LogP contribution is -2.32. The minimum Gasteiger partial charge on any atom is -0.368 e. The molecule has 2 N–H and O–H groups in total. The number of nitrogens with zero attached hydrogens (tertiary/aromatic N) is 1. The van der Waals surface area contributed by atoms with Crippen LogP contribution in [0, 0.1) is 0 Å². The molecule has 0 saturated carbocycles. The summed E-state index contributed by atoms with van der Waals surface area (Å²) in [6, 6.07) is 4.04. The Kier molecular flexibility index (Phi) is 5.12. The van der Waals surface area contributed by atoms with E-state index in [0.717, 1.165) is 36.4 Å². The first-order chi connectivity index (χ1) is 10.0. The second kappa shape index (κ2) is 6.67. The average molecular weight is 310 g/mol. The number of carbonyl (C=O) groups is 1. The Morgan fingerprint density at radius 1 is 1.38 bits per heavy atom. The van der Waals surface area contributed by atoms with Gasteiger partial charge in [-0.1, -0.05) is 25.4 Å². The molecule has 1 aliphatic rings. The Hall–Kier alpha value is -1.26. The van der Waals surface area contributed by atoms with Crippen LogP contribution in [0.4, 0.5) is 11.4 Å². The summed E-state index contributed by atoms with van der Waals surface area (Å²) in [4.78, 5) is 14.3. The zero-order valence-electron chi connectivity index (χ0n) is 13.2. The van der Waals surface area contributed by atoms with E-state index in [-0.39, 0.29) is 11.9 Å². The quantitative estimate of drug-likeness (QED) is 0.844. The predicted octanol–water partition coefficient (Wildman–Crippen LogP) is 3.57. The van der Waals surface area contributed by atoms with Crippen molar-refractivity contribution in [3.05, 3.63) is 22.7 Å². The van der Waals surface area contributed by atoms with Gasteiger partial charge in [-0.25, -0.2) is 0 Å². The third-order valence-electron chi connectivity index (χ3n) is 4.13. The number of likely N-dealkylation sites (N-methyl/N-ethyl adjacent to an activating group) is 1. The number of hydrogen-bond donors (Lipinski definition) is 2. The third-order valence-corrected chi connectivity index (χ3v) is 4.43. The number of amides is 1. The second-order valence-corrected chi connectivity index (χ2v) is 5.82. The van der Waals surface area contributed by atoms with E-state index in [1.54, 1.807) is 0 Å². The van der Waals surface area contributed by atoms with Crippen molar-refractivity contribution in [2.45, 2.75) is 46.2 Å². The summed E-state index contributed by atoms with van der Waals surface area (Å²) in [6.07, 6.45) is 1.05. The van der Waals surface area contributed by atoms with Gasteiger partial charge in [0.05, 0.1) is 10.7 Å². The molecule has 116 valence electrons. The van der Waals surface area contributed by atoms with Gasteiger partial charge in [0, 0.05) is 23.8 Å². The molecule has 0 bridgehead atoms. The standard InChI is InChI=1S/C16H24ClN3O/c1-5-10(4)20(7-3)14-9-13-11(8-12(14)17)15(18-6-2)16(21)19-13/h8-10,15,18H,5-7H2,1-4H3,(H,19,21). The summed E-state index contributed by atoms with van der Waals surface area (Å²) >= 11 is 6.49. The first-order valence-electron chi connectivity index (χ1n) is 7.67. The molecule has 0 saturated heterocycles. The summed E-state index contributed by atoms with van der Waals surface area (Å²) in [5.74, 6) is -0.00773. The number of benzene rings is 1. The van der Waals surface area contributed by atoms with Gasteiger partial charge in [-0.2, -0.15) is 0 Å². The Balaban J connectivity index is 2.41. The van der Waals surface area contributed by atoms with Crippen LogP contribution < -0.4 is 15.5 Å². The molecule has 1 amide bonds. The van der Waals surface area contributed by atoms with Crippen molar-refractivity contribution < 1.29 is 4.79 Å². The molecule has 2 rings (SSSR count). The highest BCUT2D eigenvalue weighted by Gasteiger charge is 2.31. The molecule has 2 atom stereocenters.